The lowest BCUT2D eigenvalue weighted by molar-refractivity contribution is -0.142. The van der Waals surface area contributed by atoms with E-state index in [1.807, 2.05) is 11.1 Å². The fourth-order valence-electron chi connectivity index (χ4n) is 5.87. The van der Waals surface area contributed by atoms with Crippen LogP contribution in [0.15, 0.2) is 48.7 Å². The number of hydrogen-bond acceptors (Lipinski definition) is 6. The van der Waals surface area contributed by atoms with E-state index in [9.17, 15) is 9.90 Å². The van der Waals surface area contributed by atoms with E-state index in [1.54, 1.807) is 0 Å². The molecule has 3 aliphatic rings. The average Bonchev–Trinajstić information content (AvgIpc) is 3.55. The van der Waals surface area contributed by atoms with Gasteiger partial charge in [-0.3, -0.25) is 19.2 Å². The van der Waals surface area contributed by atoms with Gasteiger partial charge in [0.2, 0.25) is 0 Å². The van der Waals surface area contributed by atoms with Gasteiger partial charge in [0.25, 0.3) is 0 Å². The van der Waals surface area contributed by atoms with Crippen molar-refractivity contribution in [3.63, 3.8) is 0 Å². The van der Waals surface area contributed by atoms with Crippen molar-refractivity contribution in [1.82, 2.24) is 19.4 Å². The summed E-state index contributed by atoms with van der Waals surface area (Å²) >= 11 is 0. The minimum absolute atomic E-state index is 0.403. The Bertz CT molecular complexity index is 1280. The van der Waals surface area contributed by atoms with Gasteiger partial charge in [0, 0.05) is 50.6 Å². The number of fused-ring (bicyclic) bond motifs is 3. The molecule has 37 heavy (non-hydrogen) atoms. The minimum Gasteiger partial charge on any atom is -0.483 e. The summed E-state index contributed by atoms with van der Waals surface area (Å²) in [5.74, 6) is 0.945. The van der Waals surface area contributed by atoms with Gasteiger partial charge in [-0.15, -0.1) is 0 Å². The van der Waals surface area contributed by atoms with Crippen molar-refractivity contribution in [3.05, 3.63) is 60.2 Å². The molecule has 0 bridgehead atoms. The molecule has 0 amide bonds. The van der Waals surface area contributed by atoms with Crippen molar-refractivity contribution in [3.8, 4) is 22.6 Å². The number of likely N-dealkylation sites (tertiary alicyclic amines) is 1. The van der Waals surface area contributed by atoms with E-state index in [-0.39, 0.29) is 0 Å². The number of aliphatic carboxylic acids is 1. The highest BCUT2D eigenvalue weighted by atomic mass is 16.5. The molecule has 1 N–H and O–H groups in total. The Morgan fingerprint density at radius 1 is 1.05 bits per heavy atom. The zero-order chi connectivity index (χ0) is 25.5. The molecule has 2 saturated heterocycles. The summed E-state index contributed by atoms with van der Waals surface area (Å²) in [4.78, 5) is 23.3. The van der Waals surface area contributed by atoms with Crippen LogP contribution in [0.3, 0.4) is 0 Å². The topological polar surface area (TPSA) is 74.1 Å². The normalized spacial score (nSPS) is 20.1. The van der Waals surface area contributed by atoms with Crippen LogP contribution in [0.5, 0.6) is 5.75 Å². The Hall–Kier alpha value is -3.36. The first-order chi connectivity index (χ1) is 18.0. The van der Waals surface area contributed by atoms with Crippen molar-refractivity contribution in [2.24, 2.45) is 0 Å². The molecule has 8 nitrogen and oxygen atoms in total. The zero-order valence-corrected chi connectivity index (χ0v) is 21.6. The predicted octanol–water partition coefficient (Wildman–Crippen LogP) is 4.01. The Labute approximate surface area is 218 Å². The molecule has 0 spiro atoms. The lowest BCUT2D eigenvalue weighted by Crippen LogP contribution is -2.48. The van der Waals surface area contributed by atoms with Crippen LogP contribution in [0.2, 0.25) is 0 Å². The van der Waals surface area contributed by atoms with Gasteiger partial charge in [-0.2, -0.15) is 0 Å². The SMILES string of the molecule is CC(C)N1CCN(c2ccc(-c3ccc4c(c3)OCc3nc(CN5CCCC5C(=O)O)cn3-4)cc2)CC1. The molecular weight excluding hydrogens is 466 g/mol. The lowest BCUT2D eigenvalue weighted by Gasteiger charge is -2.38. The number of ether oxygens (including phenoxy) is 1. The molecule has 0 aliphatic carbocycles. The number of rotatable bonds is 6. The third kappa shape index (κ3) is 4.71. The third-order valence-corrected chi connectivity index (χ3v) is 8.03. The molecule has 6 rings (SSSR count). The van der Waals surface area contributed by atoms with Crippen LogP contribution in [-0.4, -0.2) is 75.2 Å². The second kappa shape index (κ2) is 9.84. The molecule has 2 aromatic carbocycles. The highest BCUT2D eigenvalue weighted by molar-refractivity contribution is 5.74. The number of carboxylic acid groups (broad SMARTS) is 1. The second-order valence-electron chi connectivity index (χ2n) is 10.6. The number of imidazole rings is 1. The van der Waals surface area contributed by atoms with Crippen molar-refractivity contribution in [1.29, 1.82) is 0 Å². The maximum Gasteiger partial charge on any atom is 0.320 e. The minimum atomic E-state index is -0.746. The second-order valence-corrected chi connectivity index (χ2v) is 10.6. The van der Waals surface area contributed by atoms with Crippen molar-refractivity contribution >= 4 is 11.7 Å². The van der Waals surface area contributed by atoms with E-state index < -0.39 is 12.0 Å². The van der Waals surface area contributed by atoms with Gasteiger partial charge >= 0.3 is 5.97 Å². The number of hydrogen-bond donors (Lipinski definition) is 1. The van der Waals surface area contributed by atoms with E-state index in [0.717, 1.165) is 67.7 Å². The number of anilines is 1. The summed E-state index contributed by atoms with van der Waals surface area (Å²) in [6, 6.07) is 15.4. The first kappa shape index (κ1) is 24.0. The van der Waals surface area contributed by atoms with Gasteiger partial charge in [-0.1, -0.05) is 18.2 Å². The van der Waals surface area contributed by atoms with Crippen LogP contribution in [0.1, 0.15) is 38.2 Å². The molecule has 0 radical (unpaired) electrons. The molecule has 0 saturated carbocycles. The highest BCUT2D eigenvalue weighted by Gasteiger charge is 2.31. The van der Waals surface area contributed by atoms with Gasteiger partial charge in [0.1, 0.15) is 18.4 Å². The maximum absolute atomic E-state index is 11.6. The molecule has 8 heteroatoms. The van der Waals surface area contributed by atoms with E-state index in [0.29, 0.717) is 25.6 Å². The summed E-state index contributed by atoms with van der Waals surface area (Å²) in [5.41, 5.74) is 5.43. The van der Waals surface area contributed by atoms with Crippen LogP contribution in [0.4, 0.5) is 5.69 Å². The summed E-state index contributed by atoms with van der Waals surface area (Å²) in [7, 11) is 0. The van der Waals surface area contributed by atoms with E-state index >= 15 is 0 Å². The number of benzene rings is 2. The Balaban J connectivity index is 1.17. The van der Waals surface area contributed by atoms with Gasteiger partial charge in [-0.25, -0.2) is 4.98 Å². The molecular formula is C29H35N5O3. The molecule has 3 aliphatic heterocycles. The van der Waals surface area contributed by atoms with E-state index in [2.05, 4.69) is 70.7 Å². The molecule has 3 aromatic rings. The largest absolute Gasteiger partial charge is 0.483 e. The highest BCUT2D eigenvalue weighted by Crippen LogP contribution is 2.35. The van der Waals surface area contributed by atoms with Gasteiger partial charge in [0.15, 0.2) is 5.82 Å². The average molecular weight is 502 g/mol. The van der Waals surface area contributed by atoms with Crippen LogP contribution < -0.4 is 9.64 Å². The third-order valence-electron chi connectivity index (χ3n) is 8.03. The number of carbonyl (C=O) groups is 1. The molecule has 1 aromatic heterocycles. The lowest BCUT2D eigenvalue weighted by atomic mass is 10.0. The summed E-state index contributed by atoms with van der Waals surface area (Å²) in [6.45, 7) is 10.6. The molecule has 2 fully saturated rings. The number of piperazine rings is 1. The Morgan fingerprint density at radius 3 is 2.54 bits per heavy atom. The zero-order valence-electron chi connectivity index (χ0n) is 21.6. The summed E-state index contributed by atoms with van der Waals surface area (Å²) in [5, 5.41) is 9.49. The fourth-order valence-corrected chi connectivity index (χ4v) is 5.87. The first-order valence-electron chi connectivity index (χ1n) is 13.4. The van der Waals surface area contributed by atoms with Gasteiger partial charge in [0.05, 0.1) is 11.4 Å². The van der Waals surface area contributed by atoms with Crippen LogP contribution in [0, 0.1) is 0 Å². The smallest absolute Gasteiger partial charge is 0.320 e. The predicted molar refractivity (Wildman–Crippen MR) is 143 cm³/mol. The van der Waals surface area contributed by atoms with Crippen LogP contribution in [0.25, 0.3) is 16.8 Å². The summed E-state index contributed by atoms with van der Waals surface area (Å²) < 4.78 is 8.19. The van der Waals surface area contributed by atoms with E-state index in [1.165, 1.54) is 11.3 Å². The summed E-state index contributed by atoms with van der Waals surface area (Å²) in [6.07, 6.45) is 3.64. The van der Waals surface area contributed by atoms with Gasteiger partial charge < -0.3 is 14.7 Å². The standard InChI is InChI=1S/C29H35N5O3/c1-20(2)31-12-14-32(15-13-31)24-8-5-21(6-9-24)22-7-10-25-27(16-22)37-19-28-30-23(18-34(25)28)17-33-11-3-4-26(33)29(35)36/h5-10,16,18,20,26H,3-4,11-15,17,19H2,1-2H3,(H,35,36). The number of nitrogens with zero attached hydrogens (tertiary/aromatic N) is 5. The molecule has 1 unspecified atom stereocenters. The molecule has 4 heterocycles. The fraction of sp³-hybridized carbons (Fsp3) is 0.448. The Kier molecular flexibility index (Phi) is 6.38. The number of aromatic nitrogens is 2. The monoisotopic (exact) mass is 501 g/mol. The van der Waals surface area contributed by atoms with Crippen molar-refractivity contribution in [2.45, 2.75) is 51.9 Å². The molecule has 194 valence electrons. The maximum atomic E-state index is 11.6. The Morgan fingerprint density at radius 2 is 1.81 bits per heavy atom. The van der Waals surface area contributed by atoms with E-state index in [4.69, 9.17) is 9.72 Å². The number of carboxylic acids is 1. The van der Waals surface area contributed by atoms with Crippen molar-refractivity contribution < 1.29 is 14.6 Å². The van der Waals surface area contributed by atoms with Crippen molar-refractivity contribution in [2.75, 3.05) is 37.6 Å². The first-order valence-corrected chi connectivity index (χ1v) is 13.4. The van der Waals surface area contributed by atoms with Crippen LogP contribution >= 0.6 is 0 Å². The molecule has 1 atom stereocenters. The quantitative estimate of drug-likeness (QED) is 0.547. The van der Waals surface area contributed by atoms with Crippen LogP contribution in [-0.2, 0) is 17.9 Å². The van der Waals surface area contributed by atoms with Gasteiger partial charge in [-0.05, 0) is 68.6 Å².